The molecule has 2 aromatic heterocycles. The first-order chi connectivity index (χ1) is 5.79. The van der Waals surface area contributed by atoms with Crippen molar-refractivity contribution < 1.29 is 0 Å². The van der Waals surface area contributed by atoms with Gasteiger partial charge in [0.25, 0.3) is 0 Å². The van der Waals surface area contributed by atoms with Crippen molar-refractivity contribution >= 4 is 18.3 Å². The molecule has 0 unspecified atom stereocenters. The molecular formula is C5H6N6S. The van der Waals surface area contributed by atoms with Crippen molar-refractivity contribution in [2.75, 3.05) is 5.73 Å². The fraction of sp³-hybridized carbons (Fsp3) is 0. The molecule has 0 spiro atoms. The summed E-state index contributed by atoms with van der Waals surface area (Å²) in [6.45, 7) is 0. The zero-order valence-electron chi connectivity index (χ0n) is 5.97. The number of nitrogens with zero attached hydrogens (tertiary/aromatic N) is 4. The molecule has 0 aliphatic rings. The maximum Gasteiger partial charge on any atom is 0.175 e. The van der Waals surface area contributed by atoms with Crippen LogP contribution in [0, 0.1) is 0 Å². The van der Waals surface area contributed by atoms with E-state index in [4.69, 9.17) is 5.73 Å². The summed E-state index contributed by atoms with van der Waals surface area (Å²) in [4.78, 5) is 3.77. The highest BCUT2D eigenvalue weighted by Crippen LogP contribution is 2.19. The van der Waals surface area contributed by atoms with E-state index in [1.807, 2.05) is 0 Å². The van der Waals surface area contributed by atoms with Crippen LogP contribution in [0.25, 0.3) is 5.82 Å². The minimum absolute atomic E-state index is 0.459. The van der Waals surface area contributed by atoms with E-state index in [1.54, 1.807) is 0 Å². The number of hydrogen-bond acceptors (Lipinski definition) is 5. The molecule has 0 fully saturated rings. The van der Waals surface area contributed by atoms with Gasteiger partial charge in [0.1, 0.15) is 23.4 Å². The third-order valence-corrected chi connectivity index (χ3v) is 1.75. The molecule has 7 heteroatoms. The first kappa shape index (κ1) is 7.17. The second-order valence-electron chi connectivity index (χ2n) is 2.15. The summed E-state index contributed by atoms with van der Waals surface area (Å²) in [5, 5.41) is 10.8. The van der Waals surface area contributed by atoms with Gasteiger partial charge in [-0.3, -0.25) is 5.10 Å². The average Bonchev–Trinajstić information content (AvgIpc) is 2.64. The zero-order valence-corrected chi connectivity index (χ0v) is 6.86. The number of aromatic nitrogens is 5. The highest BCUT2D eigenvalue weighted by Gasteiger charge is 2.08. The van der Waals surface area contributed by atoms with Crippen LogP contribution < -0.4 is 5.73 Å². The van der Waals surface area contributed by atoms with Crippen LogP contribution in [0.1, 0.15) is 0 Å². The molecule has 0 radical (unpaired) electrons. The molecule has 6 nitrogen and oxygen atoms in total. The molecule has 12 heavy (non-hydrogen) atoms. The number of thiol groups is 1. The molecule has 62 valence electrons. The lowest BCUT2D eigenvalue weighted by molar-refractivity contribution is 0.832. The van der Waals surface area contributed by atoms with E-state index in [9.17, 15) is 0 Å². The first-order valence-corrected chi connectivity index (χ1v) is 3.61. The molecule has 0 aromatic carbocycles. The minimum atomic E-state index is 0.459. The van der Waals surface area contributed by atoms with Gasteiger partial charge in [0.15, 0.2) is 5.82 Å². The summed E-state index contributed by atoms with van der Waals surface area (Å²) in [6.07, 6.45) is 2.94. The van der Waals surface area contributed by atoms with E-state index < -0.39 is 0 Å². The molecule has 0 saturated heterocycles. The highest BCUT2D eigenvalue weighted by atomic mass is 32.1. The Morgan fingerprint density at radius 3 is 2.92 bits per heavy atom. The molecule has 0 amide bonds. The van der Waals surface area contributed by atoms with Gasteiger partial charge in [-0.25, -0.2) is 9.67 Å². The van der Waals surface area contributed by atoms with Gasteiger partial charge >= 0.3 is 0 Å². The van der Waals surface area contributed by atoms with E-state index in [2.05, 4.69) is 32.9 Å². The molecule has 0 aliphatic heterocycles. The number of aromatic amines is 1. The number of nitrogens with two attached hydrogens (primary N) is 1. The fourth-order valence-electron chi connectivity index (χ4n) is 0.831. The maximum absolute atomic E-state index is 5.64. The second kappa shape index (κ2) is 2.52. The lowest BCUT2D eigenvalue weighted by Crippen LogP contribution is -1.98. The van der Waals surface area contributed by atoms with Gasteiger partial charge in [0.2, 0.25) is 0 Å². The summed E-state index contributed by atoms with van der Waals surface area (Å²) < 4.78 is 1.49. The fourth-order valence-corrected chi connectivity index (χ4v) is 0.986. The van der Waals surface area contributed by atoms with Crippen LogP contribution in [0.2, 0.25) is 0 Å². The Hall–Kier alpha value is -1.50. The minimum Gasteiger partial charge on any atom is -0.393 e. The van der Waals surface area contributed by atoms with E-state index in [0.717, 1.165) is 0 Å². The molecule has 0 atom stereocenters. The Morgan fingerprint density at radius 1 is 1.58 bits per heavy atom. The normalized spacial score (nSPS) is 10.4. The number of rotatable bonds is 1. The van der Waals surface area contributed by atoms with Crippen molar-refractivity contribution in [1.82, 2.24) is 25.0 Å². The van der Waals surface area contributed by atoms with Crippen molar-refractivity contribution in [1.29, 1.82) is 0 Å². The van der Waals surface area contributed by atoms with Crippen LogP contribution in [-0.4, -0.2) is 25.0 Å². The van der Waals surface area contributed by atoms with Crippen molar-refractivity contribution in [3.05, 3.63) is 12.7 Å². The number of nitrogen functional groups attached to an aromatic ring is 1. The van der Waals surface area contributed by atoms with Crippen molar-refractivity contribution in [2.24, 2.45) is 0 Å². The Kier molecular flexibility index (Phi) is 1.51. The summed E-state index contributed by atoms with van der Waals surface area (Å²) in [5.41, 5.74) is 6.10. The van der Waals surface area contributed by atoms with Gasteiger partial charge in [0.05, 0.1) is 0 Å². The summed E-state index contributed by atoms with van der Waals surface area (Å²) in [7, 11) is 0. The van der Waals surface area contributed by atoms with Gasteiger partial charge in [-0.2, -0.15) is 10.2 Å². The van der Waals surface area contributed by atoms with E-state index in [1.165, 1.54) is 17.3 Å². The van der Waals surface area contributed by atoms with Gasteiger partial charge < -0.3 is 5.73 Å². The van der Waals surface area contributed by atoms with Crippen molar-refractivity contribution in [3.63, 3.8) is 0 Å². The number of hydrogen-bond donors (Lipinski definition) is 3. The Morgan fingerprint density at radius 2 is 2.42 bits per heavy atom. The van der Waals surface area contributed by atoms with Crippen LogP contribution in [0.15, 0.2) is 17.7 Å². The van der Waals surface area contributed by atoms with Crippen LogP contribution in [0.3, 0.4) is 0 Å². The van der Waals surface area contributed by atoms with Crippen LogP contribution in [0.5, 0.6) is 0 Å². The number of nitrogens with one attached hydrogen (secondary N) is 1. The molecule has 2 heterocycles. The lowest BCUT2D eigenvalue weighted by Gasteiger charge is -1.95. The van der Waals surface area contributed by atoms with Gasteiger partial charge in [-0.1, -0.05) is 0 Å². The van der Waals surface area contributed by atoms with E-state index in [0.29, 0.717) is 16.5 Å². The van der Waals surface area contributed by atoms with Gasteiger partial charge in [-0.15, -0.1) is 12.6 Å². The predicted molar refractivity (Wildman–Crippen MR) is 45.2 cm³/mol. The van der Waals surface area contributed by atoms with Crippen LogP contribution in [0.4, 0.5) is 5.69 Å². The monoisotopic (exact) mass is 182 g/mol. The predicted octanol–water partition coefficient (Wildman–Crippen LogP) is -0.139. The third-order valence-electron chi connectivity index (χ3n) is 1.41. The SMILES string of the molecule is Nc1c(S)n[nH]c1-n1cncn1. The largest absolute Gasteiger partial charge is 0.393 e. The van der Waals surface area contributed by atoms with Crippen LogP contribution >= 0.6 is 12.6 Å². The molecule has 2 rings (SSSR count). The molecule has 2 aromatic rings. The third kappa shape index (κ3) is 0.944. The summed E-state index contributed by atoms with van der Waals surface area (Å²) in [6, 6.07) is 0. The number of H-pyrrole nitrogens is 1. The molecule has 0 saturated carbocycles. The quantitative estimate of drug-likeness (QED) is 0.536. The number of anilines is 1. The van der Waals surface area contributed by atoms with Crippen molar-refractivity contribution in [2.45, 2.75) is 5.03 Å². The molecule has 0 aliphatic carbocycles. The van der Waals surface area contributed by atoms with Crippen LogP contribution in [-0.2, 0) is 0 Å². The Labute approximate surface area is 73.2 Å². The smallest absolute Gasteiger partial charge is 0.175 e. The van der Waals surface area contributed by atoms with Crippen molar-refractivity contribution in [3.8, 4) is 5.82 Å². The van der Waals surface area contributed by atoms with Gasteiger partial charge in [0, 0.05) is 0 Å². The Bertz CT molecular complexity index is 377. The maximum atomic E-state index is 5.64. The Balaban J connectivity index is 2.55. The zero-order chi connectivity index (χ0) is 8.55. The second-order valence-corrected chi connectivity index (χ2v) is 2.57. The molecular weight excluding hydrogens is 176 g/mol. The highest BCUT2D eigenvalue weighted by molar-refractivity contribution is 7.80. The van der Waals surface area contributed by atoms with E-state index >= 15 is 0 Å². The topological polar surface area (TPSA) is 85.4 Å². The molecule has 0 bridgehead atoms. The lowest BCUT2D eigenvalue weighted by atomic mass is 10.5. The first-order valence-electron chi connectivity index (χ1n) is 3.17. The summed E-state index contributed by atoms with van der Waals surface area (Å²) in [5.74, 6) is 0.581. The summed E-state index contributed by atoms with van der Waals surface area (Å²) >= 11 is 4.02. The van der Waals surface area contributed by atoms with E-state index in [-0.39, 0.29) is 0 Å². The standard InChI is InChI=1S/C5H6N6S/c6-3-4(9-10-5(3)12)11-2-7-1-8-11/h1-2H,6H2,(H2,9,10,12). The molecule has 3 N–H and O–H groups in total. The van der Waals surface area contributed by atoms with Gasteiger partial charge in [-0.05, 0) is 0 Å². The average molecular weight is 182 g/mol.